The molecule has 0 aliphatic carbocycles. The number of hydrogen-bond acceptors (Lipinski definition) is 12. The van der Waals surface area contributed by atoms with Crippen LogP contribution in [-0.4, -0.2) is 68.7 Å². The third kappa shape index (κ3) is 16.7. The van der Waals surface area contributed by atoms with E-state index in [1.54, 1.807) is 148 Å². The first-order chi connectivity index (χ1) is 32.8. The molecule has 0 aliphatic rings. The van der Waals surface area contributed by atoms with Gasteiger partial charge in [-0.1, -0.05) is 144 Å². The number of benzene rings is 6. The Hall–Kier alpha value is -6.83. The van der Waals surface area contributed by atoms with Gasteiger partial charge in [-0.05, 0) is 89.1 Å². The van der Waals surface area contributed by atoms with Gasteiger partial charge in [0.05, 0.1) is 34.5 Å². The van der Waals surface area contributed by atoms with E-state index in [9.17, 15) is 39.6 Å². The molecule has 6 rings (SSSR count). The highest BCUT2D eigenvalue weighted by Crippen LogP contribution is 2.22. The van der Waals surface area contributed by atoms with Crippen LogP contribution in [0.5, 0.6) is 0 Å². The van der Waals surface area contributed by atoms with Crippen molar-refractivity contribution in [1.82, 2.24) is 9.44 Å². The number of nitrogens with one attached hydrogen (secondary N) is 2. The lowest BCUT2D eigenvalue weighted by atomic mass is 10.1. The molecule has 0 aliphatic heterocycles. The Morgan fingerprint density at radius 1 is 0.449 bits per heavy atom. The van der Waals surface area contributed by atoms with Crippen molar-refractivity contribution in [2.75, 3.05) is 19.8 Å². The molecule has 0 bridgehead atoms. The minimum atomic E-state index is -4.00. The standard InChI is InChI=1S/2C17H19NO4S.C17H17NO4S/c3*1-3-22-17(19)16(14-7-5-4-6-8-14)18-23(20,21)15-11-9-13(2)10-12-15/h2*4-12,16,18H,3H2,1-2H3;4-12H,3H2,1-2H3/t2*16-;/m10./s1. The summed E-state index contributed by atoms with van der Waals surface area (Å²) in [6.45, 7) is 11.1. The molecule has 0 spiro atoms. The fourth-order valence-corrected chi connectivity index (χ4v) is 9.37. The van der Waals surface area contributed by atoms with Crippen molar-refractivity contribution in [3.63, 3.8) is 0 Å². The molecule has 0 fully saturated rings. The zero-order valence-corrected chi connectivity index (χ0v) is 41.4. The van der Waals surface area contributed by atoms with Crippen LogP contribution in [0, 0.1) is 20.8 Å². The average molecular weight is 998 g/mol. The number of ether oxygens (including phenoxy) is 3. The van der Waals surface area contributed by atoms with Crippen molar-refractivity contribution in [3.8, 4) is 0 Å². The Morgan fingerprint density at radius 2 is 0.768 bits per heavy atom. The molecular weight excluding hydrogens is 943 g/mol. The van der Waals surface area contributed by atoms with Gasteiger partial charge in [-0.25, -0.2) is 31.2 Å². The fraction of sp³-hybridized carbons (Fsp3) is 0.216. The first-order valence-electron chi connectivity index (χ1n) is 21.6. The van der Waals surface area contributed by atoms with Gasteiger partial charge < -0.3 is 14.2 Å². The molecule has 69 heavy (non-hydrogen) atoms. The van der Waals surface area contributed by atoms with Crippen molar-refractivity contribution in [2.24, 2.45) is 4.40 Å². The second-order valence-electron chi connectivity index (χ2n) is 14.9. The summed E-state index contributed by atoms with van der Waals surface area (Å²) in [5.74, 6) is -2.03. The predicted octanol–water partition coefficient (Wildman–Crippen LogP) is 7.89. The van der Waals surface area contributed by atoms with Crippen molar-refractivity contribution in [2.45, 2.75) is 68.3 Å². The topological polar surface area (TPSA) is 218 Å². The minimum Gasteiger partial charge on any atom is -0.465 e. The highest BCUT2D eigenvalue weighted by Gasteiger charge is 2.30. The van der Waals surface area contributed by atoms with Crippen molar-refractivity contribution in [3.05, 3.63) is 197 Å². The number of esters is 3. The number of carbonyl (C=O) groups is 3. The number of nitrogens with zero attached hydrogens (tertiary/aromatic N) is 1. The van der Waals surface area contributed by atoms with Gasteiger partial charge in [-0.3, -0.25) is 0 Å². The van der Waals surface area contributed by atoms with E-state index in [4.69, 9.17) is 14.2 Å². The summed E-state index contributed by atoms with van der Waals surface area (Å²) < 4.78 is 98.4. The summed E-state index contributed by atoms with van der Waals surface area (Å²) in [7, 11) is -11.7. The third-order valence-corrected chi connectivity index (χ3v) is 13.7. The highest BCUT2D eigenvalue weighted by atomic mass is 32.2. The molecule has 0 aromatic heterocycles. The smallest absolute Gasteiger partial charge is 0.358 e. The summed E-state index contributed by atoms with van der Waals surface area (Å²) in [5, 5.41) is 0. The normalized spacial score (nSPS) is 12.4. The van der Waals surface area contributed by atoms with E-state index in [0.29, 0.717) is 16.7 Å². The number of aryl methyl sites for hydroxylation is 3. The number of hydrogen-bond donors (Lipinski definition) is 2. The van der Waals surface area contributed by atoms with Crippen LogP contribution in [-0.2, 0) is 58.7 Å². The van der Waals surface area contributed by atoms with Crippen LogP contribution in [0.3, 0.4) is 0 Å². The van der Waals surface area contributed by atoms with Crippen LogP contribution >= 0.6 is 0 Å². The minimum absolute atomic E-state index is 0.0285. The maximum absolute atomic E-state index is 12.5. The van der Waals surface area contributed by atoms with E-state index in [-0.39, 0.29) is 40.2 Å². The molecule has 0 saturated heterocycles. The third-order valence-electron chi connectivity index (χ3n) is 9.57. The Bertz CT molecular complexity index is 2840. The lowest BCUT2D eigenvalue weighted by Crippen LogP contribution is -2.35. The van der Waals surface area contributed by atoms with E-state index < -0.39 is 60.1 Å². The number of sulfonamides is 3. The first kappa shape index (κ1) is 54.8. The molecule has 0 heterocycles. The van der Waals surface area contributed by atoms with Crippen molar-refractivity contribution < 1.29 is 53.8 Å². The van der Waals surface area contributed by atoms with Crippen LogP contribution in [0.2, 0.25) is 0 Å². The molecule has 0 saturated carbocycles. The van der Waals surface area contributed by atoms with E-state index >= 15 is 0 Å². The summed E-state index contributed by atoms with van der Waals surface area (Å²) >= 11 is 0. The largest absolute Gasteiger partial charge is 0.465 e. The predicted molar refractivity (Wildman–Crippen MR) is 263 cm³/mol. The highest BCUT2D eigenvalue weighted by molar-refractivity contribution is 7.90. The van der Waals surface area contributed by atoms with Crippen molar-refractivity contribution in [1.29, 1.82) is 0 Å². The van der Waals surface area contributed by atoms with Crippen LogP contribution < -0.4 is 9.44 Å². The zero-order valence-electron chi connectivity index (χ0n) is 38.9. The van der Waals surface area contributed by atoms with Crippen LogP contribution in [0.4, 0.5) is 0 Å². The first-order valence-corrected chi connectivity index (χ1v) is 26.0. The second kappa shape index (κ2) is 26.1. The Balaban J connectivity index is 0.000000225. The lowest BCUT2D eigenvalue weighted by molar-refractivity contribution is -0.146. The Labute approximate surface area is 404 Å². The van der Waals surface area contributed by atoms with E-state index in [2.05, 4.69) is 13.8 Å². The molecule has 6 aromatic carbocycles. The SMILES string of the molecule is CCOC(=O)C(=NS(=O)(=O)c1ccc(C)cc1)c1ccccc1.CCOC(=O)[C@@H](NS(=O)(=O)c1ccc(C)cc1)c1ccccc1.CCOC(=O)[C@H](NS(=O)(=O)c1ccc(C)cc1)c1ccccc1. The van der Waals surface area contributed by atoms with Gasteiger partial charge in [-0.15, -0.1) is 0 Å². The molecule has 2 N–H and O–H groups in total. The van der Waals surface area contributed by atoms with Crippen LogP contribution in [0.15, 0.2) is 183 Å². The van der Waals surface area contributed by atoms with E-state index in [1.807, 2.05) is 20.8 Å². The molecule has 6 aromatic rings. The van der Waals surface area contributed by atoms with Gasteiger partial charge in [-0.2, -0.15) is 22.3 Å². The molecule has 0 amide bonds. The van der Waals surface area contributed by atoms with Gasteiger partial charge in [0.15, 0.2) is 5.71 Å². The molecule has 0 unspecified atom stereocenters. The molecule has 15 nitrogen and oxygen atoms in total. The van der Waals surface area contributed by atoms with E-state index in [0.717, 1.165) is 16.7 Å². The number of rotatable bonds is 17. The lowest BCUT2D eigenvalue weighted by Gasteiger charge is -2.18. The zero-order chi connectivity index (χ0) is 50.6. The Morgan fingerprint density at radius 3 is 1.10 bits per heavy atom. The summed E-state index contributed by atoms with van der Waals surface area (Å²) in [6, 6.07) is 42.6. The van der Waals surface area contributed by atoms with E-state index in [1.165, 1.54) is 36.4 Å². The van der Waals surface area contributed by atoms with Gasteiger partial charge in [0.1, 0.15) is 12.1 Å². The second-order valence-corrected chi connectivity index (χ2v) is 19.9. The summed E-state index contributed by atoms with van der Waals surface area (Å²) in [5.41, 5.74) is 4.06. The molecule has 2 atom stereocenters. The Kier molecular flexibility index (Phi) is 20.7. The fourth-order valence-electron chi connectivity index (χ4n) is 6.01. The van der Waals surface area contributed by atoms with Gasteiger partial charge in [0.25, 0.3) is 10.0 Å². The molecule has 364 valence electrons. The average Bonchev–Trinajstić information content (AvgIpc) is 3.33. The summed E-state index contributed by atoms with van der Waals surface area (Å²) in [4.78, 5) is 36.6. The molecular formula is C51H55N3O12S3. The van der Waals surface area contributed by atoms with Crippen molar-refractivity contribution >= 4 is 53.7 Å². The summed E-state index contributed by atoms with van der Waals surface area (Å²) in [6.07, 6.45) is 0. The number of carbonyl (C=O) groups excluding carboxylic acids is 3. The van der Waals surface area contributed by atoms with Gasteiger partial charge >= 0.3 is 17.9 Å². The molecule has 0 radical (unpaired) electrons. The van der Waals surface area contributed by atoms with Gasteiger partial charge in [0.2, 0.25) is 20.0 Å². The molecule has 18 heteroatoms. The van der Waals surface area contributed by atoms with Crippen LogP contribution in [0.1, 0.15) is 66.2 Å². The quantitative estimate of drug-likeness (QED) is 0.0507. The van der Waals surface area contributed by atoms with Crippen LogP contribution in [0.25, 0.3) is 0 Å². The monoisotopic (exact) mass is 997 g/mol. The maximum Gasteiger partial charge on any atom is 0.358 e. The maximum atomic E-state index is 12.5. The van der Waals surface area contributed by atoms with Gasteiger partial charge in [0, 0.05) is 5.56 Å².